The number of aliphatic hydroxyl groups is 1. The van der Waals surface area contributed by atoms with Gasteiger partial charge in [-0.25, -0.2) is 0 Å². The van der Waals surface area contributed by atoms with Crippen LogP contribution in [0.2, 0.25) is 0 Å². The van der Waals surface area contributed by atoms with E-state index in [1.807, 2.05) is 55.4 Å². The van der Waals surface area contributed by atoms with Crippen molar-refractivity contribution >= 4 is 5.91 Å². The molecule has 0 saturated carbocycles. The lowest BCUT2D eigenvalue weighted by atomic mass is 9.98. The summed E-state index contributed by atoms with van der Waals surface area (Å²) in [4.78, 5) is 15.0. The lowest BCUT2D eigenvalue weighted by Gasteiger charge is -2.42. The fourth-order valence-electron chi connectivity index (χ4n) is 3.34. The van der Waals surface area contributed by atoms with Gasteiger partial charge in [-0.3, -0.25) is 14.8 Å². The number of likely N-dealkylation sites (N-methyl/N-ethyl adjacent to an activating group) is 3. The van der Waals surface area contributed by atoms with Crippen molar-refractivity contribution in [3.8, 4) is 0 Å². The van der Waals surface area contributed by atoms with Gasteiger partial charge in [-0.2, -0.15) is 0 Å². The standard InChI is InChI=1S/C20H25N3O2/c1-4-23(15-11-7-5-6-8-12-15)20(25)18-19(24)16-13-9-10-14-17(16)21(2)22(18)3/h5,7-8,11-14,24H,4,6,9-10H2,1-3H3. The van der Waals surface area contributed by atoms with Gasteiger partial charge in [-0.15, -0.1) is 0 Å². The van der Waals surface area contributed by atoms with Gasteiger partial charge in [-0.05, 0) is 38.3 Å². The highest BCUT2D eigenvalue weighted by molar-refractivity contribution is 5.96. The Kier molecular flexibility index (Phi) is 4.83. The summed E-state index contributed by atoms with van der Waals surface area (Å²) in [5.41, 5.74) is 2.83. The number of amides is 1. The molecule has 2 aliphatic carbocycles. The van der Waals surface area contributed by atoms with Crippen molar-refractivity contribution in [1.29, 1.82) is 0 Å². The Morgan fingerprint density at radius 1 is 1.20 bits per heavy atom. The largest absolute Gasteiger partial charge is 0.505 e. The molecule has 0 radical (unpaired) electrons. The molecule has 1 aliphatic heterocycles. The van der Waals surface area contributed by atoms with Gasteiger partial charge in [0.25, 0.3) is 5.91 Å². The van der Waals surface area contributed by atoms with E-state index in [0.29, 0.717) is 12.2 Å². The molecule has 25 heavy (non-hydrogen) atoms. The normalized spacial score (nSPS) is 19.9. The summed E-state index contributed by atoms with van der Waals surface area (Å²) in [5, 5.41) is 14.5. The van der Waals surface area contributed by atoms with Crippen molar-refractivity contribution in [2.75, 3.05) is 20.6 Å². The third kappa shape index (κ3) is 3.02. The van der Waals surface area contributed by atoms with Gasteiger partial charge >= 0.3 is 0 Å². The second kappa shape index (κ2) is 7.05. The Labute approximate surface area is 149 Å². The Morgan fingerprint density at radius 2 is 1.96 bits per heavy atom. The summed E-state index contributed by atoms with van der Waals surface area (Å²) >= 11 is 0. The van der Waals surface area contributed by atoms with E-state index in [9.17, 15) is 9.90 Å². The van der Waals surface area contributed by atoms with Crippen LogP contribution in [-0.2, 0) is 4.79 Å². The molecular formula is C20H25N3O2. The van der Waals surface area contributed by atoms with Crippen LogP contribution in [0, 0.1) is 0 Å². The van der Waals surface area contributed by atoms with Crippen molar-refractivity contribution in [3.05, 3.63) is 71.0 Å². The Bertz CT molecular complexity index is 753. The monoisotopic (exact) mass is 339 g/mol. The van der Waals surface area contributed by atoms with E-state index < -0.39 is 0 Å². The van der Waals surface area contributed by atoms with E-state index >= 15 is 0 Å². The topological polar surface area (TPSA) is 47.0 Å². The number of carbonyl (C=O) groups is 1. The van der Waals surface area contributed by atoms with Crippen LogP contribution in [0.3, 0.4) is 0 Å². The summed E-state index contributed by atoms with van der Waals surface area (Å²) in [5.74, 6) is -0.144. The zero-order chi connectivity index (χ0) is 18.0. The summed E-state index contributed by atoms with van der Waals surface area (Å²) in [7, 11) is 3.72. The number of hydrazine groups is 1. The molecule has 1 amide bonds. The molecule has 132 valence electrons. The molecule has 1 heterocycles. The van der Waals surface area contributed by atoms with Crippen molar-refractivity contribution < 1.29 is 9.90 Å². The molecule has 1 N–H and O–H groups in total. The number of nitrogens with zero attached hydrogens (tertiary/aromatic N) is 3. The molecule has 0 aromatic rings. The lowest BCUT2D eigenvalue weighted by Crippen LogP contribution is -2.46. The highest BCUT2D eigenvalue weighted by atomic mass is 16.3. The van der Waals surface area contributed by atoms with E-state index in [-0.39, 0.29) is 11.7 Å². The van der Waals surface area contributed by atoms with Gasteiger partial charge in [0, 0.05) is 31.9 Å². The molecular weight excluding hydrogens is 314 g/mol. The van der Waals surface area contributed by atoms with Crippen LogP contribution in [0.4, 0.5) is 0 Å². The lowest BCUT2D eigenvalue weighted by molar-refractivity contribution is -0.128. The number of aliphatic hydroxyl groups excluding tert-OH is 1. The minimum Gasteiger partial charge on any atom is -0.505 e. The second-order valence-corrected chi connectivity index (χ2v) is 6.24. The van der Waals surface area contributed by atoms with Crippen molar-refractivity contribution in [2.45, 2.75) is 26.2 Å². The fourth-order valence-corrected chi connectivity index (χ4v) is 3.34. The summed E-state index contributed by atoms with van der Waals surface area (Å²) in [6.07, 6.45) is 16.7. The highest BCUT2D eigenvalue weighted by Gasteiger charge is 2.35. The first-order valence-corrected chi connectivity index (χ1v) is 8.73. The second-order valence-electron chi connectivity index (χ2n) is 6.24. The van der Waals surface area contributed by atoms with E-state index in [2.05, 4.69) is 6.08 Å². The molecule has 0 spiro atoms. The first kappa shape index (κ1) is 17.1. The van der Waals surface area contributed by atoms with Crippen LogP contribution in [0.1, 0.15) is 26.2 Å². The van der Waals surface area contributed by atoms with Gasteiger partial charge in [0.2, 0.25) is 0 Å². The van der Waals surface area contributed by atoms with Crippen molar-refractivity contribution in [2.24, 2.45) is 0 Å². The summed E-state index contributed by atoms with van der Waals surface area (Å²) in [6, 6.07) is 0. The molecule has 3 rings (SSSR count). The highest BCUT2D eigenvalue weighted by Crippen LogP contribution is 2.35. The van der Waals surface area contributed by atoms with Gasteiger partial charge in [0.05, 0.1) is 5.70 Å². The first-order chi connectivity index (χ1) is 12.1. The molecule has 5 nitrogen and oxygen atoms in total. The minimum absolute atomic E-state index is 0.0590. The average molecular weight is 339 g/mol. The first-order valence-electron chi connectivity index (χ1n) is 8.73. The van der Waals surface area contributed by atoms with Gasteiger partial charge in [0.1, 0.15) is 0 Å². The zero-order valence-electron chi connectivity index (χ0n) is 15.1. The number of hydrogen-bond acceptors (Lipinski definition) is 4. The van der Waals surface area contributed by atoms with E-state index in [1.54, 1.807) is 17.0 Å². The third-order valence-electron chi connectivity index (χ3n) is 4.77. The smallest absolute Gasteiger partial charge is 0.280 e. The van der Waals surface area contributed by atoms with Gasteiger partial charge < -0.3 is 10.0 Å². The maximum atomic E-state index is 13.3. The van der Waals surface area contributed by atoms with E-state index in [0.717, 1.165) is 36.2 Å². The number of fused-ring (bicyclic) bond motifs is 1. The van der Waals surface area contributed by atoms with E-state index in [1.165, 1.54) is 0 Å². The molecule has 0 bridgehead atoms. The molecule has 0 aromatic carbocycles. The Hall–Kier alpha value is -2.69. The van der Waals surface area contributed by atoms with Crippen LogP contribution in [0.25, 0.3) is 0 Å². The number of allylic oxidation sites excluding steroid dienone is 7. The molecule has 0 unspecified atom stereocenters. The zero-order valence-corrected chi connectivity index (χ0v) is 15.1. The van der Waals surface area contributed by atoms with Crippen LogP contribution in [-0.4, -0.2) is 46.6 Å². The fraction of sp³-hybridized carbons (Fsp3) is 0.350. The minimum atomic E-state index is -0.203. The Balaban J connectivity index is 2.02. The van der Waals surface area contributed by atoms with Crippen molar-refractivity contribution in [3.63, 3.8) is 0 Å². The molecule has 3 aliphatic rings. The number of rotatable bonds is 3. The molecule has 0 fully saturated rings. The predicted molar refractivity (Wildman–Crippen MR) is 98.9 cm³/mol. The van der Waals surface area contributed by atoms with Crippen LogP contribution < -0.4 is 0 Å². The Morgan fingerprint density at radius 3 is 2.72 bits per heavy atom. The molecule has 0 saturated heterocycles. The van der Waals surface area contributed by atoms with Crippen LogP contribution >= 0.6 is 0 Å². The molecule has 5 heteroatoms. The third-order valence-corrected chi connectivity index (χ3v) is 4.77. The maximum absolute atomic E-state index is 13.3. The SMILES string of the molecule is CCN(C(=O)C1=C(O)C2=CCCC=C2N(C)N1C)C1=CC=CCC=C1. The average Bonchev–Trinajstić information content (AvgIpc) is 2.90. The van der Waals surface area contributed by atoms with Crippen LogP contribution in [0.5, 0.6) is 0 Å². The molecule has 0 atom stereocenters. The molecule has 0 aromatic heterocycles. The predicted octanol–water partition coefficient (Wildman–Crippen LogP) is 3.40. The summed E-state index contributed by atoms with van der Waals surface area (Å²) < 4.78 is 0. The van der Waals surface area contributed by atoms with Crippen molar-refractivity contribution in [1.82, 2.24) is 14.9 Å². The van der Waals surface area contributed by atoms with Gasteiger partial charge in [0.15, 0.2) is 11.5 Å². The van der Waals surface area contributed by atoms with Crippen LogP contribution in [0.15, 0.2) is 71.0 Å². The van der Waals surface area contributed by atoms with E-state index in [4.69, 9.17) is 0 Å². The quantitative estimate of drug-likeness (QED) is 0.856. The maximum Gasteiger partial charge on any atom is 0.280 e. The summed E-state index contributed by atoms with van der Waals surface area (Å²) in [6.45, 7) is 2.47. The van der Waals surface area contributed by atoms with Gasteiger partial charge in [-0.1, -0.05) is 30.4 Å². The number of carbonyl (C=O) groups excluding carboxylic acids is 1. The number of hydrogen-bond donors (Lipinski definition) is 1.